The molecule has 0 aliphatic carbocycles. The monoisotopic (exact) mass is 365 g/mol. The summed E-state index contributed by atoms with van der Waals surface area (Å²) < 4.78 is 1.16. The van der Waals surface area contributed by atoms with Gasteiger partial charge in [0, 0.05) is 15.5 Å². The zero-order chi connectivity index (χ0) is 15.2. The van der Waals surface area contributed by atoms with E-state index in [2.05, 4.69) is 65.4 Å². The van der Waals surface area contributed by atoms with E-state index in [4.69, 9.17) is 11.6 Å². The number of aryl methyl sites for hydroxylation is 1. The summed E-state index contributed by atoms with van der Waals surface area (Å²) in [5.74, 6) is 0. The van der Waals surface area contributed by atoms with E-state index in [1.807, 2.05) is 12.1 Å². The van der Waals surface area contributed by atoms with Gasteiger partial charge in [0.05, 0.1) is 0 Å². The minimum absolute atomic E-state index is 0.331. The standard InChI is InChI=1S/C18H21BrClN/c1-3-10-21-18(12-14-4-7-16(20)8-5-14)15-6-9-17(19)13(2)11-15/h4-9,11,18,21H,3,10,12H2,1-2H3. The molecule has 0 amide bonds. The molecule has 0 aliphatic heterocycles. The first-order valence-corrected chi connectivity index (χ1v) is 8.51. The van der Waals surface area contributed by atoms with E-state index in [0.717, 1.165) is 28.9 Å². The molecule has 112 valence electrons. The molecule has 21 heavy (non-hydrogen) atoms. The van der Waals surface area contributed by atoms with Crippen molar-refractivity contribution in [1.29, 1.82) is 0 Å². The van der Waals surface area contributed by atoms with Crippen LogP contribution in [-0.4, -0.2) is 6.54 Å². The van der Waals surface area contributed by atoms with Crippen molar-refractivity contribution in [3.8, 4) is 0 Å². The van der Waals surface area contributed by atoms with Gasteiger partial charge in [-0.25, -0.2) is 0 Å². The van der Waals surface area contributed by atoms with Crippen molar-refractivity contribution in [3.05, 3.63) is 68.7 Å². The van der Waals surface area contributed by atoms with Crippen molar-refractivity contribution in [3.63, 3.8) is 0 Å². The van der Waals surface area contributed by atoms with Gasteiger partial charge in [0.25, 0.3) is 0 Å². The Morgan fingerprint density at radius 3 is 2.48 bits per heavy atom. The highest BCUT2D eigenvalue weighted by Crippen LogP contribution is 2.24. The lowest BCUT2D eigenvalue weighted by Crippen LogP contribution is -2.24. The summed E-state index contributed by atoms with van der Waals surface area (Å²) in [6.07, 6.45) is 2.10. The molecule has 0 aromatic heterocycles. The van der Waals surface area contributed by atoms with Gasteiger partial charge in [0.15, 0.2) is 0 Å². The summed E-state index contributed by atoms with van der Waals surface area (Å²) in [7, 11) is 0. The predicted octanol–water partition coefficient (Wildman–Crippen LogP) is 5.69. The topological polar surface area (TPSA) is 12.0 Å². The molecule has 1 nitrogen and oxygen atoms in total. The quantitative estimate of drug-likeness (QED) is 0.692. The van der Waals surface area contributed by atoms with E-state index in [1.165, 1.54) is 16.7 Å². The Morgan fingerprint density at radius 1 is 1.14 bits per heavy atom. The summed E-state index contributed by atoms with van der Waals surface area (Å²) in [4.78, 5) is 0. The third-order valence-electron chi connectivity index (χ3n) is 3.58. The fraction of sp³-hybridized carbons (Fsp3) is 0.333. The number of nitrogens with one attached hydrogen (secondary N) is 1. The first-order valence-electron chi connectivity index (χ1n) is 7.34. The fourth-order valence-electron chi connectivity index (χ4n) is 2.37. The molecule has 0 aliphatic rings. The van der Waals surface area contributed by atoms with Crippen LogP contribution in [0.2, 0.25) is 5.02 Å². The van der Waals surface area contributed by atoms with Crippen molar-refractivity contribution >= 4 is 27.5 Å². The number of benzene rings is 2. The molecule has 0 saturated carbocycles. The molecule has 0 radical (unpaired) electrons. The Hall–Kier alpha value is -0.830. The molecule has 2 rings (SSSR count). The molecule has 0 heterocycles. The Kier molecular flexibility index (Phi) is 6.28. The first-order chi connectivity index (χ1) is 10.1. The Labute approximate surface area is 140 Å². The second kappa shape index (κ2) is 7.98. The number of hydrogen-bond donors (Lipinski definition) is 1. The van der Waals surface area contributed by atoms with Crippen molar-refractivity contribution in [2.75, 3.05) is 6.54 Å². The molecule has 1 unspecified atom stereocenters. The molecule has 0 spiro atoms. The maximum atomic E-state index is 5.97. The summed E-state index contributed by atoms with van der Waals surface area (Å²) in [6.45, 7) is 5.35. The molecule has 3 heteroatoms. The van der Waals surface area contributed by atoms with E-state index in [-0.39, 0.29) is 0 Å². The van der Waals surface area contributed by atoms with Crippen molar-refractivity contribution < 1.29 is 0 Å². The van der Waals surface area contributed by atoms with Gasteiger partial charge in [-0.1, -0.05) is 58.7 Å². The van der Waals surface area contributed by atoms with Crippen molar-refractivity contribution in [2.45, 2.75) is 32.7 Å². The average Bonchev–Trinajstić information content (AvgIpc) is 2.48. The second-order valence-electron chi connectivity index (χ2n) is 5.35. The molecule has 0 fully saturated rings. The molecule has 0 bridgehead atoms. The van der Waals surface area contributed by atoms with Crippen LogP contribution in [0.4, 0.5) is 0 Å². The second-order valence-corrected chi connectivity index (χ2v) is 6.64. The van der Waals surface area contributed by atoms with Gasteiger partial charge in [-0.15, -0.1) is 0 Å². The average molecular weight is 367 g/mol. The highest BCUT2D eigenvalue weighted by Gasteiger charge is 2.12. The maximum absolute atomic E-state index is 5.97. The summed E-state index contributed by atoms with van der Waals surface area (Å²) in [6, 6.07) is 15.0. The lowest BCUT2D eigenvalue weighted by atomic mass is 9.97. The lowest BCUT2D eigenvalue weighted by molar-refractivity contribution is 0.529. The minimum Gasteiger partial charge on any atom is -0.310 e. The third kappa shape index (κ3) is 4.84. The molecule has 1 N–H and O–H groups in total. The summed E-state index contributed by atoms with van der Waals surface area (Å²) in [5, 5.41) is 4.44. The molecule has 2 aromatic carbocycles. The van der Waals surface area contributed by atoms with Crippen LogP contribution in [0.1, 0.15) is 36.1 Å². The Morgan fingerprint density at radius 2 is 1.86 bits per heavy atom. The smallest absolute Gasteiger partial charge is 0.0406 e. The van der Waals surface area contributed by atoms with Crippen molar-refractivity contribution in [2.24, 2.45) is 0 Å². The van der Waals surface area contributed by atoms with Gasteiger partial charge in [0.2, 0.25) is 0 Å². The largest absolute Gasteiger partial charge is 0.310 e. The van der Waals surface area contributed by atoms with E-state index in [9.17, 15) is 0 Å². The molecular weight excluding hydrogens is 346 g/mol. The van der Waals surface area contributed by atoms with Crippen LogP contribution in [0.25, 0.3) is 0 Å². The van der Waals surface area contributed by atoms with E-state index >= 15 is 0 Å². The van der Waals surface area contributed by atoms with Gasteiger partial charge in [-0.2, -0.15) is 0 Å². The number of hydrogen-bond acceptors (Lipinski definition) is 1. The number of rotatable bonds is 6. The third-order valence-corrected chi connectivity index (χ3v) is 4.72. The van der Waals surface area contributed by atoms with Gasteiger partial charge in [0.1, 0.15) is 0 Å². The fourth-order valence-corrected chi connectivity index (χ4v) is 2.74. The van der Waals surface area contributed by atoms with E-state index in [1.54, 1.807) is 0 Å². The van der Waals surface area contributed by atoms with Crippen LogP contribution < -0.4 is 5.32 Å². The molecule has 2 aromatic rings. The minimum atomic E-state index is 0.331. The molecular formula is C18H21BrClN. The van der Waals surface area contributed by atoms with Gasteiger partial charge < -0.3 is 5.32 Å². The van der Waals surface area contributed by atoms with Crippen molar-refractivity contribution in [1.82, 2.24) is 5.32 Å². The maximum Gasteiger partial charge on any atom is 0.0406 e. The van der Waals surface area contributed by atoms with Crippen LogP contribution in [0.15, 0.2) is 46.9 Å². The summed E-state index contributed by atoms with van der Waals surface area (Å²) >= 11 is 9.54. The highest BCUT2D eigenvalue weighted by molar-refractivity contribution is 9.10. The number of halogens is 2. The predicted molar refractivity (Wildman–Crippen MR) is 95.1 cm³/mol. The van der Waals surface area contributed by atoms with Crippen LogP contribution in [-0.2, 0) is 6.42 Å². The van der Waals surface area contributed by atoms with Crippen LogP contribution in [0, 0.1) is 6.92 Å². The zero-order valence-electron chi connectivity index (χ0n) is 12.5. The lowest BCUT2D eigenvalue weighted by Gasteiger charge is -2.20. The summed E-state index contributed by atoms with van der Waals surface area (Å²) in [5.41, 5.74) is 3.90. The van der Waals surface area contributed by atoms with Gasteiger partial charge >= 0.3 is 0 Å². The van der Waals surface area contributed by atoms with Crippen LogP contribution in [0.5, 0.6) is 0 Å². The van der Waals surface area contributed by atoms with Crippen LogP contribution >= 0.6 is 27.5 Å². The first kappa shape index (κ1) is 16.5. The van der Waals surface area contributed by atoms with Gasteiger partial charge in [-0.3, -0.25) is 0 Å². The Balaban J connectivity index is 2.20. The SMILES string of the molecule is CCCNC(Cc1ccc(Cl)cc1)c1ccc(Br)c(C)c1. The molecule has 0 saturated heterocycles. The highest BCUT2D eigenvalue weighted by atomic mass is 79.9. The Bertz CT molecular complexity index is 580. The van der Waals surface area contributed by atoms with Gasteiger partial charge in [-0.05, 0) is 61.2 Å². The van der Waals surface area contributed by atoms with E-state index in [0.29, 0.717) is 6.04 Å². The molecule has 1 atom stereocenters. The zero-order valence-corrected chi connectivity index (χ0v) is 14.8. The normalized spacial score (nSPS) is 12.4. The van der Waals surface area contributed by atoms with E-state index < -0.39 is 0 Å². The van der Waals surface area contributed by atoms with Crippen LogP contribution in [0.3, 0.4) is 0 Å².